The smallest absolute Gasteiger partial charge is 0.146 e. The predicted molar refractivity (Wildman–Crippen MR) is 79.5 cm³/mol. The van der Waals surface area contributed by atoms with Crippen LogP contribution in [0.3, 0.4) is 0 Å². The Balaban J connectivity index is 2.13. The Morgan fingerprint density at radius 2 is 2.24 bits per heavy atom. The first-order chi connectivity index (χ1) is 10.1. The van der Waals surface area contributed by atoms with Crippen LogP contribution in [0.2, 0.25) is 0 Å². The van der Waals surface area contributed by atoms with Gasteiger partial charge in [-0.3, -0.25) is 0 Å². The second kappa shape index (κ2) is 5.14. The number of nitrogens with one attached hydrogen (secondary N) is 1. The summed E-state index contributed by atoms with van der Waals surface area (Å²) in [7, 11) is 0. The molecule has 3 rings (SSSR count). The molecule has 2 aromatic rings. The molecule has 0 bridgehead atoms. The first kappa shape index (κ1) is 13.5. The van der Waals surface area contributed by atoms with Crippen LogP contribution in [0.15, 0.2) is 27.7 Å². The van der Waals surface area contributed by atoms with E-state index in [1.165, 1.54) is 0 Å². The lowest BCUT2D eigenvalue weighted by Crippen LogP contribution is -2.36. The number of aliphatic imine (C=N–C) groups is 1. The fourth-order valence-electron chi connectivity index (χ4n) is 2.60. The van der Waals surface area contributed by atoms with Gasteiger partial charge in [0, 0.05) is 11.1 Å². The van der Waals surface area contributed by atoms with Gasteiger partial charge in [0.1, 0.15) is 23.9 Å². The molecule has 0 aliphatic carbocycles. The Kier molecular flexibility index (Phi) is 3.31. The highest BCUT2D eigenvalue weighted by molar-refractivity contribution is 5.92. The molecule has 0 saturated carbocycles. The molecule has 0 amide bonds. The van der Waals surface area contributed by atoms with E-state index in [9.17, 15) is 4.79 Å². The van der Waals surface area contributed by atoms with Crippen molar-refractivity contribution in [2.45, 2.75) is 19.9 Å². The van der Waals surface area contributed by atoms with Gasteiger partial charge in [0.05, 0.1) is 17.9 Å². The maximum atomic E-state index is 11.3. The normalized spacial score (nSPS) is 16.9. The van der Waals surface area contributed by atoms with Crippen LogP contribution in [0.1, 0.15) is 23.1 Å². The van der Waals surface area contributed by atoms with Gasteiger partial charge in [-0.2, -0.15) is 0 Å². The lowest BCUT2D eigenvalue weighted by molar-refractivity contribution is -0.109. The van der Waals surface area contributed by atoms with E-state index in [-0.39, 0.29) is 6.54 Å². The average Bonchev–Trinajstić information content (AvgIpc) is 2.84. The van der Waals surface area contributed by atoms with Crippen molar-refractivity contribution < 1.29 is 9.32 Å². The molecule has 2 heterocycles. The number of hydrogen-bond acceptors (Lipinski definition) is 6. The second-order valence-electron chi connectivity index (χ2n) is 4.99. The molecule has 1 aromatic carbocycles. The molecule has 108 valence electrons. The van der Waals surface area contributed by atoms with E-state index in [0.29, 0.717) is 5.84 Å². The Bertz CT molecular complexity index is 714. The monoisotopic (exact) mass is 284 g/mol. The van der Waals surface area contributed by atoms with Gasteiger partial charge in [0.25, 0.3) is 0 Å². The van der Waals surface area contributed by atoms with Crippen molar-refractivity contribution in [2.75, 3.05) is 6.54 Å². The van der Waals surface area contributed by atoms with Crippen LogP contribution in [-0.2, 0) is 4.79 Å². The number of aldehydes is 1. The summed E-state index contributed by atoms with van der Waals surface area (Å²) < 4.78 is 5.20. The molecule has 0 saturated heterocycles. The predicted octanol–water partition coefficient (Wildman–Crippen LogP) is 1.79. The molecule has 6 nitrogen and oxygen atoms in total. The molecule has 1 aromatic heterocycles. The van der Waals surface area contributed by atoms with Crippen LogP contribution in [0.5, 0.6) is 0 Å². The first-order valence-corrected chi connectivity index (χ1v) is 6.70. The van der Waals surface area contributed by atoms with Gasteiger partial charge in [-0.25, -0.2) is 4.99 Å². The summed E-state index contributed by atoms with van der Waals surface area (Å²) in [5.74, 6) is 1.37. The summed E-state index contributed by atoms with van der Waals surface area (Å²) in [6.45, 7) is 4.04. The van der Waals surface area contributed by atoms with E-state index in [0.717, 1.165) is 40.1 Å². The molecular weight excluding hydrogens is 268 g/mol. The largest absolute Gasteiger partial charge is 0.361 e. The van der Waals surface area contributed by atoms with Crippen LogP contribution in [0.25, 0.3) is 11.1 Å². The molecule has 21 heavy (non-hydrogen) atoms. The molecule has 1 atom stereocenters. The number of fused-ring (bicyclic) bond motifs is 1. The van der Waals surface area contributed by atoms with Crippen molar-refractivity contribution in [1.82, 2.24) is 10.5 Å². The summed E-state index contributed by atoms with van der Waals surface area (Å²) in [5.41, 5.74) is 9.93. The number of aryl methyl sites for hydroxylation is 2. The van der Waals surface area contributed by atoms with E-state index in [1.54, 1.807) is 0 Å². The third-order valence-corrected chi connectivity index (χ3v) is 3.59. The highest BCUT2D eigenvalue weighted by Gasteiger charge is 2.22. The number of nitrogens with two attached hydrogens (primary N) is 1. The van der Waals surface area contributed by atoms with Crippen molar-refractivity contribution in [3.8, 4) is 11.1 Å². The highest BCUT2D eigenvalue weighted by atomic mass is 16.5. The lowest BCUT2D eigenvalue weighted by atomic mass is 9.96. The van der Waals surface area contributed by atoms with Crippen LogP contribution < -0.4 is 11.1 Å². The molecule has 3 N–H and O–H groups in total. The van der Waals surface area contributed by atoms with Crippen LogP contribution in [-0.4, -0.2) is 23.8 Å². The number of carbonyl (C=O) groups excluding carboxylic acids is 1. The molecule has 1 aliphatic rings. The lowest BCUT2D eigenvalue weighted by Gasteiger charge is -2.23. The number of carbonyl (C=O) groups is 1. The topological polar surface area (TPSA) is 93.5 Å². The summed E-state index contributed by atoms with van der Waals surface area (Å²) >= 11 is 0. The van der Waals surface area contributed by atoms with Gasteiger partial charge >= 0.3 is 0 Å². The van der Waals surface area contributed by atoms with Gasteiger partial charge < -0.3 is 20.4 Å². The average molecular weight is 284 g/mol. The first-order valence-electron chi connectivity index (χ1n) is 6.70. The SMILES string of the molecule is Cc1noc(C)c1-c1ccc2c(c1)C(C=O)NC(CN)=N2. The van der Waals surface area contributed by atoms with Crippen LogP contribution in [0, 0.1) is 13.8 Å². The maximum Gasteiger partial charge on any atom is 0.146 e. The summed E-state index contributed by atoms with van der Waals surface area (Å²) in [6.07, 6.45) is 0.861. The molecular formula is C15H16N4O2. The number of rotatable bonds is 3. The number of nitrogens with zero attached hydrogens (tertiary/aromatic N) is 2. The zero-order valence-corrected chi connectivity index (χ0v) is 11.9. The molecule has 1 aliphatic heterocycles. The molecule has 1 unspecified atom stereocenters. The van der Waals surface area contributed by atoms with Gasteiger partial charge in [-0.05, 0) is 31.5 Å². The summed E-state index contributed by atoms with van der Waals surface area (Å²) in [4.78, 5) is 15.7. The fourth-order valence-corrected chi connectivity index (χ4v) is 2.60. The van der Waals surface area contributed by atoms with E-state index >= 15 is 0 Å². The quantitative estimate of drug-likeness (QED) is 0.838. The van der Waals surface area contributed by atoms with Crippen LogP contribution >= 0.6 is 0 Å². The van der Waals surface area contributed by atoms with Crippen LogP contribution in [0.4, 0.5) is 5.69 Å². The van der Waals surface area contributed by atoms with Gasteiger partial charge in [0.2, 0.25) is 0 Å². The minimum atomic E-state index is -0.434. The van der Waals surface area contributed by atoms with E-state index in [1.807, 2.05) is 32.0 Å². The zero-order chi connectivity index (χ0) is 15.0. The van der Waals surface area contributed by atoms with Crippen molar-refractivity contribution in [2.24, 2.45) is 10.7 Å². The maximum absolute atomic E-state index is 11.3. The van der Waals surface area contributed by atoms with E-state index in [2.05, 4.69) is 15.5 Å². The highest BCUT2D eigenvalue weighted by Crippen LogP contribution is 2.35. The Morgan fingerprint density at radius 3 is 2.86 bits per heavy atom. The van der Waals surface area contributed by atoms with Crippen molar-refractivity contribution in [3.63, 3.8) is 0 Å². The molecule has 0 spiro atoms. The van der Waals surface area contributed by atoms with Crippen molar-refractivity contribution >= 4 is 17.8 Å². The Morgan fingerprint density at radius 1 is 1.43 bits per heavy atom. The zero-order valence-electron chi connectivity index (χ0n) is 11.9. The Labute approximate surface area is 122 Å². The number of aromatic nitrogens is 1. The van der Waals surface area contributed by atoms with Gasteiger partial charge in [0.15, 0.2) is 0 Å². The van der Waals surface area contributed by atoms with Crippen molar-refractivity contribution in [1.29, 1.82) is 0 Å². The second-order valence-corrected chi connectivity index (χ2v) is 4.99. The minimum absolute atomic E-state index is 0.273. The summed E-state index contributed by atoms with van der Waals surface area (Å²) in [5, 5.41) is 6.99. The molecule has 0 fully saturated rings. The number of amidine groups is 1. The van der Waals surface area contributed by atoms with E-state index in [4.69, 9.17) is 10.3 Å². The number of hydrogen-bond donors (Lipinski definition) is 2. The third-order valence-electron chi connectivity index (χ3n) is 3.59. The fraction of sp³-hybridized carbons (Fsp3) is 0.267. The molecule has 6 heteroatoms. The Hall–Kier alpha value is -2.47. The van der Waals surface area contributed by atoms with Gasteiger partial charge in [-0.1, -0.05) is 11.2 Å². The van der Waals surface area contributed by atoms with Crippen molar-refractivity contribution in [3.05, 3.63) is 35.2 Å². The molecule has 0 radical (unpaired) electrons. The van der Waals surface area contributed by atoms with Gasteiger partial charge in [-0.15, -0.1) is 0 Å². The minimum Gasteiger partial charge on any atom is -0.361 e. The summed E-state index contributed by atoms with van der Waals surface area (Å²) in [6, 6.07) is 5.36. The van der Waals surface area contributed by atoms with E-state index < -0.39 is 6.04 Å². The standard InChI is InChI=1S/C15H16N4O2/c1-8-15(9(2)21-19-8)10-3-4-12-11(5-10)13(7-20)18-14(6-16)17-12/h3-5,7,13H,6,16H2,1-2H3,(H,17,18). The number of benzene rings is 1. The third kappa shape index (κ3) is 2.23.